The van der Waals surface area contributed by atoms with Crippen LogP contribution in [-0.4, -0.2) is 0 Å². The third-order valence-corrected chi connectivity index (χ3v) is 2.86. The number of aryl methyl sites for hydroxylation is 1. The van der Waals surface area contributed by atoms with Crippen LogP contribution in [0.15, 0.2) is 18.2 Å². The number of benzene rings is 1. The fourth-order valence-electron chi connectivity index (χ4n) is 1.84. The van der Waals surface area contributed by atoms with Crippen LogP contribution in [0.25, 0.3) is 0 Å². The van der Waals surface area contributed by atoms with E-state index in [4.69, 9.17) is 0 Å². The molecule has 1 atom stereocenters. The van der Waals surface area contributed by atoms with Crippen molar-refractivity contribution in [1.82, 2.24) is 0 Å². The minimum absolute atomic E-state index is 0.449. The molecule has 0 radical (unpaired) electrons. The van der Waals surface area contributed by atoms with Gasteiger partial charge >= 0.3 is 0 Å². The van der Waals surface area contributed by atoms with E-state index in [2.05, 4.69) is 61.8 Å². The van der Waals surface area contributed by atoms with Crippen molar-refractivity contribution in [2.45, 2.75) is 38.4 Å². The van der Waals surface area contributed by atoms with Gasteiger partial charge in [0.25, 0.3) is 0 Å². The number of rotatable bonds is 2. The molecule has 0 fully saturated rings. The van der Waals surface area contributed by atoms with E-state index in [-0.39, 0.29) is 0 Å². The Morgan fingerprint density at radius 3 is 2.15 bits per heavy atom. The fourth-order valence-corrected chi connectivity index (χ4v) is 2.24. The average Bonchev–Trinajstić information content (AvgIpc) is 2.02. The van der Waals surface area contributed by atoms with Gasteiger partial charge in [-0.25, -0.2) is 0 Å². The monoisotopic (exact) mass is 240 g/mol. The predicted octanol–water partition coefficient (Wildman–Crippen LogP) is 4.57. The first-order chi connectivity index (χ1) is 6.04. The first kappa shape index (κ1) is 10.8. The molecule has 0 nitrogen and oxygen atoms in total. The third-order valence-electron chi connectivity index (χ3n) is 2.36. The SMILES string of the molecule is Cc1cccc(C(C)Br)c1C(C)C. The highest BCUT2D eigenvalue weighted by molar-refractivity contribution is 9.09. The molecule has 1 aromatic rings. The molecular weight excluding hydrogens is 224 g/mol. The van der Waals surface area contributed by atoms with Crippen molar-refractivity contribution in [2.75, 3.05) is 0 Å². The maximum atomic E-state index is 3.64. The van der Waals surface area contributed by atoms with Crippen molar-refractivity contribution < 1.29 is 0 Å². The minimum atomic E-state index is 0.449. The Balaban J connectivity index is 3.26. The summed E-state index contributed by atoms with van der Waals surface area (Å²) in [5.41, 5.74) is 4.32. The normalized spacial score (nSPS) is 13.4. The number of alkyl halides is 1. The van der Waals surface area contributed by atoms with Gasteiger partial charge in [-0.05, 0) is 36.5 Å². The summed E-state index contributed by atoms with van der Waals surface area (Å²) in [6, 6.07) is 6.53. The lowest BCUT2D eigenvalue weighted by atomic mass is 9.91. The summed E-state index contributed by atoms with van der Waals surface area (Å²) in [6.45, 7) is 8.87. The fraction of sp³-hybridized carbons (Fsp3) is 0.500. The summed E-state index contributed by atoms with van der Waals surface area (Å²) in [5.74, 6) is 0.608. The van der Waals surface area contributed by atoms with Crippen LogP contribution in [-0.2, 0) is 0 Å². The topological polar surface area (TPSA) is 0 Å². The summed E-state index contributed by atoms with van der Waals surface area (Å²) in [6.07, 6.45) is 0. The lowest BCUT2D eigenvalue weighted by molar-refractivity contribution is 0.833. The predicted molar refractivity (Wildman–Crippen MR) is 62.6 cm³/mol. The van der Waals surface area contributed by atoms with Crippen LogP contribution in [0.4, 0.5) is 0 Å². The smallest absolute Gasteiger partial charge is 0.0370 e. The molecule has 0 heterocycles. The van der Waals surface area contributed by atoms with Crippen molar-refractivity contribution in [3.63, 3.8) is 0 Å². The van der Waals surface area contributed by atoms with E-state index >= 15 is 0 Å². The Morgan fingerprint density at radius 1 is 1.15 bits per heavy atom. The van der Waals surface area contributed by atoms with E-state index in [9.17, 15) is 0 Å². The molecule has 0 aliphatic rings. The van der Waals surface area contributed by atoms with Gasteiger partial charge in [0.15, 0.2) is 0 Å². The lowest BCUT2D eigenvalue weighted by Crippen LogP contribution is -1.99. The standard InChI is InChI=1S/C12H17Br/c1-8(2)12-9(3)6-5-7-11(12)10(4)13/h5-8,10H,1-4H3. The van der Waals surface area contributed by atoms with Gasteiger partial charge in [0.1, 0.15) is 0 Å². The Bertz CT molecular complexity index is 287. The number of hydrogen-bond acceptors (Lipinski definition) is 0. The molecule has 0 aliphatic heterocycles. The molecule has 0 N–H and O–H groups in total. The minimum Gasteiger partial charge on any atom is -0.0842 e. The van der Waals surface area contributed by atoms with Gasteiger partial charge in [-0.3, -0.25) is 0 Å². The maximum absolute atomic E-state index is 3.64. The van der Waals surface area contributed by atoms with Gasteiger partial charge in [-0.1, -0.05) is 48.0 Å². The second-order valence-electron chi connectivity index (χ2n) is 3.85. The highest BCUT2D eigenvalue weighted by Crippen LogP contribution is 2.31. The molecule has 72 valence electrons. The van der Waals surface area contributed by atoms with Crippen molar-refractivity contribution in [2.24, 2.45) is 0 Å². The van der Waals surface area contributed by atoms with Crippen LogP contribution in [0.3, 0.4) is 0 Å². The Kier molecular flexibility index (Phi) is 3.55. The van der Waals surface area contributed by atoms with Gasteiger partial charge in [0.05, 0.1) is 0 Å². The van der Waals surface area contributed by atoms with Crippen LogP contribution in [0, 0.1) is 6.92 Å². The Hall–Kier alpha value is -0.300. The largest absolute Gasteiger partial charge is 0.0842 e. The van der Waals surface area contributed by atoms with Crippen molar-refractivity contribution in [1.29, 1.82) is 0 Å². The van der Waals surface area contributed by atoms with E-state index in [1.165, 1.54) is 16.7 Å². The number of halogens is 1. The van der Waals surface area contributed by atoms with Gasteiger partial charge in [0, 0.05) is 4.83 Å². The summed E-state index contributed by atoms with van der Waals surface area (Å²) < 4.78 is 0. The molecule has 0 amide bonds. The molecule has 0 aliphatic carbocycles. The van der Waals surface area contributed by atoms with Crippen LogP contribution in [0.2, 0.25) is 0 Å². The molecule has 0 saturated heterocycles. The number of hydrogen-bond donors (Lipinski definition) is 0. The summed E-state index contributed by atoms with van der Waals surface area (Å²) >= 11 is 3.64. The molecule has 1 aromatic carbocycles. The zero-order valence-corrected chi connectivity index (χ0v) is 10.4. The summed E-state index contributed by atoms with van der Waals surface area (Å²) in [7, 11) is 0. The second kappa shape index (κ2) is 4.28. The molecule has 0 aromatic heterocycles. The third kappa shape index (κ3) is 2.34. The molecule has 1 heteroatoms. The van der Waals surface area contributed by atoms with E-state index in [0.29, 0.717) is 10.7 Å². The molecule has 1 unspecified atom stereocenters. The molecular formula is C12H17Br. The highest BCUT2D eigenvalue weighted by Gasteiger charge is 2.12. The second-order valence-corrected chi connectivity index (χ2v) is 5.22. The van der Waals surface area contributed by atoms with Crippen molar-refractivity contribution in [3.8, 4) is 0 Å². The van der Waals surface area contributed by atoms with Crippen LogP contribution in [0.1, 0.15) is 48.2 Å². The van der Waals surface area contributed by atoms with Crippen LogP contribution in [0.5, 0.6) is 0 Å². The quantitative estimate of drug-likeness (QED) is 0.665. The van der Waals surface area contributed by atoms with E-state index in [0.717, 1.165) is 0 Å². The van der Waals surface area contributed by atoms with E-state index in [1.807, 2.05) is 0 Å². The zero-order chi connectivity index (χ0) is 10.0. The maximum Gasteiger partial charge on any atom is 0.0370 e. The molecule has 0 saturated carbocycles. The molecule has 0 spiro atoms. The van der Waals surface area contributed by atoms with Crippen LogP contribution < -0.4 is 0 Å². The summed E-state index contributed by atoms with van der Waals surface area (Å²) in [4.78, 5) is 0.449. The Morgan fingerprint density at radius 2 is 1.77 bits per heavy atom. The van der Waals surface area contributed by atoms with Gasteiger partial charge in [-0.2, -0.15) is 0 Å². The van der Waals surface area contributed by atoms with Crippen LogP contribution >= 0.6 is 15.9 Å². The van der Waals surface area contributed by atoms with Gasteiger partial charge in [0.2, 0.25) is 0 Å². The molecule has 0 bridgehead atoms. The van der Waals surface area contributed by atoms with Crippen molar-refractivity contribution in [3.05, 3.63) is 34.9 Å². The zero-order valence-electron chi connectivity index (χ0n) is 8.76. The van der Waals surface area contributed by atoms with E-state index < -0.39 is 0 Å². The molecule has 13 heavy (non-hydrogen) atoms. The first-order valence-corrected chi connectivity index (χ1v) is 5.69. The van der Waals surface area contributed by atoms with Gasteiger partial charge < -0.3 is 0 Å². The van der Waals surface area contributed by atoms with E-state index in [1.54, 1.807) is 0 Å². The highest BCUT2D eigenvalue weighted by atomic mass is 79.9. The van der Waals surface area contributed by atoms with Gasteiger partial charge in [-0.15, -0.1) is 0 Å². The molecule has 1 rings (SSSR count). The van der Waals surface area contributed by atoms with Crippen molar-refractivity contribution >= 4 is 15.9 Å². The first-order valence-electron chi connectivity index (χ1n) is 4.77. The Labute approximate surface area is 89.5 Å². The average molecular weight is 241 g/mol. The summed E-state index contributed by atoms with van der Waals surface area (Å²) in [5, 5.41) is 0. The lowest BCUT2D eigenvalue weighted by Gasteiger charge is -2.17.